The van der Waals surface area contributed by atoms with Crippen LogP contribution in [0.3, 0.4) is 0 Å². The van der Waals surface area contributed by atoms with E-state index in [9.17, 15) is 0 Å². The fraction of sp³-hybridized carbons (Fsp3) is 0.571. The van der Waals surface area contributed by atoms with Crippen molar-refractivity contribution in [3.05, 3.63) is 35.4 Å². The lowest BCUT2D eigenvalue weighted by molar-refractivity contribution is 0.312. The van der Waals surface area contributed by atoms with Crippen molar-refractivity contribution in [1.82, 2.24) is 0 Å². The number of benzene rings is 1. The average molecular weight is 267 g/mol. The summed E-state index contributed by atoms with van der Waals surface area (Å²) in [5, 5.41) is 0. The quantitative estimate of drug-likeness (QED) is 0.682. The Morgan fingerprint density at radius 1 is 1.27 bits per heavy atom. The Hall–Kier alpha value is -0.300. The molecule has 0 bridgehead atoms. The summed E-state index contributed by atoms with van der Waals surface area (Å²) >= 11 is 3.83. The molecule has 1 atom stereocenters. The molecule has 0 N–H and O–H groups in total. The lowest BCUT2D eigenvalue weighted by atomic mass is 9.81. The second kappa shape index (κ2) is 5.16. The highest BCUT2D eigenvalue weighted by Crippen LogP contribution is 2.42. The first-order valence-electron chi connectivity index (χ1n) is 6.04. The summed E-state index contributed by atoms with van der Waals surface area (Å²) in [5.74, 6) is 0.877. The number of hydrogen-bond donors (Lipinski definition) is 0. The number of alkyl halides is 1. The topological polar surface area (TPSA) is 0 Å². The fourth-order valence-corrected chi connectivity index (χ4v) is 3.00. The van der Waals surface area contributed by atoms with Crippen LogP contribution >= 0.6 is 15.9 Å². The molecule has 1 fully saturated rings. The SMILES string of the molecule is CCCc1ccc([C@H](Br)C2CCC2)cc1. The maximum atomic E-state index is 3.83. The van der Waals surface area contributed by atoms with Crippen LogP contribution in [0, 0.1) is 5.92 Å². The van der Waals surface area contributed by atoms with Gasteiger partial charge in [0.2, 0.25) is 0 Å². The molecule has 1 aromatic rings. The Balaban J connectivity index is 2.02. The third-order valence-electron chi connectivity index (χ3n) is 3.40. The zero-order chi connectivity index (χ0) is 10.7. The Kier molecular flexibility index (Phi) is 3.85. The molecule has 0 unspecified atom stereocenters. The molecule has 15 heavy (non-hydrogen) atoms. The van der Waals surface area contributed by atoms with Gasteiger partial charge in [-0.2, -0.15) is 0 Å². The highest BCUT2D eigenvalue weighted by atomic mass is 79.9. The van der Waals surface area contributed by atoms with Gasteiger partial charge in [-0.25, -0.2) is 0 Å². The number of aryl methyl sites for hydroxylation is 1. The van der Waals surface area contributed by atoms with Crippen LogP contribution in [0.5, 0.6) is 0 Å². The summed E-state index contributed by atoms with van der Waals surface area (Å²) in [6.45, 7) is 2.23. The summed E-state index contributed by atoms with van der Waals surface area (Å²) in [6, 6.07) is 9.16. The van der Waals surface area contributed by atoms with E-state index in [1.54, 1.807) is 0 Å². The van der Waals surface area contributed by atoms with E-state index >= 15 is 0 Å². The van der Waals surface area contributed by atoms with E-state index in [1.165, 1.54) is 43.2 Å². The molecule has 0 radical (unpaired) electrons. The maximum absolute atomic E-state index is 3.83. The third-order valence-corrected chi connectivity index (χ3v) is 4.68. The molecule has 0 aliphatic heterocycles. The largest absolute Gasteiger partial charge is 0.0836 e. The van der Waals surface area contributed by atoms with Gasteiger partial charge in [0, 0.05) is 4.83 Å². The predicted octanol–water partition coefficient (Wildman–Crippen LogP) is 4.88. The summed E-state index contributed by atoms with van der Waals surface area (Å²) in [5.41, 5.74) is 2.93. The van der Waals surface area contributed by atoms with E-state index in [1.807, 2.05) is 0 Å². The van der Waals surface area contributed by atoms with Crippen LogP contribution in [0.2, 0.25) is 0 Å². The van der Waals surface area contributed by atoms with E-state index in [0.29, 0.717) is 4.83 Å². The minimum absolute atomic E-state index is 0.585. The van der Waals surface area contributed by atoms with Crippen molar-refractivity contribution in [2.75, 3.05) is 0 Å². The smallest absolute Gasteiger partial charge is 0.0423 e. The second-order valence-electron chi connectivity index (χ2n) is 4.58. The molecule has 0 nitrogen and oxygen atoms in total. The van der Waals surface area contributed by atoms with E-state index in [-0.39, 0.29) is 0 Å². The molecule has 1 aliphatic rings. The Morgan fingerprint density at radius 3 is 2.40 bits per heavy atom. The number of halogens is 1. The molecule has 82 valence electrons. The maximum Gasteiger partial charge on any atom is 0.0423 e. The molecule has 0 aromatic heterocycles. The summed E-state index contributed by atoms with van der Waals surface area (Å²) in [7, 11) is 0. The van der Waals surface area contributed by atoms with Gasteiger partial charge in [-0.15, -0.1) is 0 Å². The lowest BCUT2D eigenvalue weighted by Crippen LogP contribution is -2.16. The molecule has 0 saturated heterocycles. The van der Waals surface area contributed by atoms with Gasteiger partial charge in [-0.05, 0) is 36.3 Å². The van der Waals surface area contributed by atoms with Crippen LogP contribution in [0.25, 0.3) is 0 Å². The van der Waals surface area contributed by atoms with E-state index < -0.39 is 0 Å². The number of hydrogen-bond acceptors (Lipinski definition) is 0. The van der Waals surface area contributed by atoms with Crippen LogP contribution in [-0.4, -0.2) is 0 Å². The Labute approximate surface area is 101 Å². The lowest BCUT2D eigenvalue weighted by Gasteiger charge is -2.30. The Morgan fingerprint density at radius 2 is 1.93 bits per heavy atom. The standard InChI is InChI=1S/C14H19Br/c1-2-4-11-7-9-13(10-8-11)14(15)12-5-3-6-12/h7-10,12,14H,2-6H2,1H3/t14-/m1/s1. The van der Waals surface area contributed by atoms with E-state index in [4.69, 9.17) is 0 Å². The molecule has 1 aromatic carbocycles. The van der Waals surface area contributed by atoms with Crippen molar-refractivity contribution >= 4 is 15.9 Å². The van der Waals surface area contributed by atoms with Crippen LogP contribution < -0.4 is 0 Å². The van der Waals surface area contributed by atoms with Crippen LogP contribution in [0.15, 0.2) is 24.3 Å². The Bertz CT molecular complexity index is 298. The molecule has 1 aliphatic carbocycles. The molecule has 2 rings (SSSR count). The highest BCUT2D eigenvalue weighted by Gasteiger charge is 2.26. The van der Waals surface area contributed by atoms with Crippen molar-refractivity contribution in [1.29, 1.82) is 0 Å². The van der Waals surface area contributed by atoms with Gasteiger partial charge < -0.3 is 0 Å². The van der Waals surface area contributed by atoms with Gasteiger partial charge in [0.05, 0.1) is 0 Å². The van der Waals surface area contributed by atoms with Crippen LogP contribution in [0.4, 0.5) is 0 Å². The second-order valence-corrected chi connectivity index (χ2v) is 5.57. The fourth-order valence-electron chi connectivity index (χ4n) is 2.16. The van der Waals surface area contributed by atoms with Crippen molar-refractivity contribution in [3.63, 3.8) is 0 Å². The predicted molar refractivity (Wildman–Crippen MR) is 69.4 cm³/mol. The molecular weight excluding hydrogens is 248 g/mol. The summed E-state index contributed by atoms with van der Waals surface area (Å²) in [6.07, 6.45) is 6.65. The first-order chi connectivity index (χ1) is 7.31. The number of rotatable bonds is 4. The normalized spacial score (nSPS) is 18.5. The van der Waals surface area contributed by atoms with Gasteiger partial charge in [0.1, 0.15) is 0 Å². The molecule has 0 spiro atoms. The van der Waals surface area contributed by atoms with Gasteiger partial charge in [-0.3, -0.25) is 0 Å². The van der Waals surface area contributed by atoms with Crippen LogP contribution in [-0.2, 0) is 6.42 Å². The summed E-state index contributed by atoms with van der Waals surface area (Å²) in [4.78, 5) is 0.585. The molecule has 0 heterocycles. The van der Waals surface area contributed by atoms with Gasteiger partial charge in [0.25, 0.3) is 0 Å². The molecular formula is C14H19Br. The summed E-state index contributed by atoms with van der Waals surface area (Å²) < 4.78 is 0. The monoisotopic (exact) mass is 266 g/mol. The highest BCUT2D eigenvalue weighted by molar-refractivity contribution is 9.09. The molecule has 1 saturated carbocycles. The van der Waals surface area contributed by atoms with Crippen LogP contribution in [0.1, 0.15) is 48.6 Å². The molecule has 1 heteroatoms. The van der Waals surface area contributed by atoms with E-state index in [0.717, 1.165) is 5.92 Å². The minimum Gasteiger partial charge on any atom is -0.0836 e. The van der Waals surface area contributed by atoms with E-state index in [2.05, 4.69) is 47.1 Å². The molecule has 0 amide bonds. The van der Waals surface area contributed by atoms with Gasteiger partial charge >= 0.3 is 0 Å². The van der Waals surface area contributed by atoms with Crippen molar-refractivity contribution in [3.8, 4) is 0 Å². The first-order valence-corrected chi connectivity index (χ1v) is 6.95. The minimum atomic E-state index is 0.585. The van der Waals surface area contributed by atoms with Gasteiger partial charge in [-0.1, -0.05) is 60.0 Å². The average Bonchev–Trinajstić information content (AvgIpc) is 2.16. The zero-order valence-corrected chi connectivity index (χ0v) is 11.0. The third kappa shape index (κ3) is 2.63. The zero-order valence-electron chi connectivity index (χ0n) is 9.38. The van der Waals surface area contributed by atoms with Gasteiger partial charge in [0.15, 0.2) is 0 Å². The van der Waals surface area contributed by atoms with Crippen molar-refractivity contribution in [2.45, 2.75) is 43.9 Å². The van der Waals surface area contributed by atoms with Crippen molar-refractivity contribution < 1.29 is 0 Å². The first kappa shape index (κ1) is 11.2. The van der Waals surface area contributed by atoms with Crippen molar-refractivity contribution in [2.24, 2.45) is 5.92 Å².